The van der Waals surface area contributed by atoms with Gasteiger partial charge in [0.1, 0.15) is 0 Å². The molecule has 0 aromatic rings. The van der Waals surface area contributed by atoms with Gasteiger partial charge in [0.25, 0.3) is 0 Å². The van der Waals surface area contributed by atoms with Crippen LogP contribution in [0.15, 0.2) is 0 Å². The van der Waals surface area contributed by atoms with Crippen LogP contribution in [0.3, 0.4) is 0 Å². The van der Waals surface area contributed by atoms with E-state index in [4.69, 9.17) is 4.74 Å². The fraction of sp³-hybridized carbons (Fsp3) is 0.933. The van der Waals surface area contributed by atoms with Crippen molar-refractivity contribution < 1.29 is 14.6 Å². The summed E-state index contributed by atoms with van der Waals surface area (Å²) in [4.78, 5) is 13.7. The summed E-state index contributed by atoms with van der Waals surface area (Å²) in [5.74, 6) is 1.60. The number of nitrogens with zero attached hydrogens (tertiary/aromatic N) is 1. The van der Waals surface area contributed by atoms with E-state index in [2.05, 4.69) is 11.8 Å². The van der Waals surface area contributed by atoms with Crippen molar-refractivity contribution >= 4 is 17.7 Å². The van der Waals surface area contributed by atoms with Gasteiger partial charge >= 0.3 is 5.97 Å². The molecule has 3 saturated heterocycles. The molecular formula is C15H25NO3S. The summed E-state index contributed by atoms with van der Waals surface area (Å²) in [6.07, 6.45) is 5.30. The van der Waals surface area contributed by atoms with Crippen LogP contribution in [0.2, 0.25) is 0 Å². The third-order valence-corrected chi connectivity index (χ3v) is 6.45. The van der Waals surface area contributed by atoms with Gasteiger partial charge in [-0.2, -0.15) is 11.8 Å². The van der Waals surface area contributed by atoms with Crippen LogP contribution in [0.25, 0.3) is 0 Å². The Morgan fingerprint density at radius 2 is 2.10 bits per heavy atom. The summed E-state index contributed by atoms with van der Waals surface area (Å²) in [7, 11) is 0. The van der Waals surface area contributed by atoms with Crippen molar-refractivity contribution in [3.8, 4) is 0 Å². The van der Waals surface area contributed by atoms with Crippen molar-refractivity contribution in [3.63, 3.8) is 0 Å². The first-order valence-corrected chi connectivity index (χ1v) is 8.97. The van der Waals surface area contributed by atoms with Crippen molar-refractivity contribution in [1.82, 2.24) is 4.90 Å². The molecule has 3 fully saturated rings. The summed E-state index contributed by atoms with van der Waals surface area (Å²) in [6, 6.07) is 0.691. The first kappa shape index (κ1) is 14.7. The molecule has 0 bridgehead atoms. The second-order valence-corrected chi connectivity index (χ2v) is 7.73. The molecule has 3 rings (SSSR count). The van der Waals surface area contributed by atoms with Crippen LogP contribution in [-0.4, -0.2) is 58.3 Å². The Balaban J connectivity index is 1.66. The van der Waals surface area contributed by atoms with E-state index in [-0.39, 0.29) is 17.6 Å². The molecule has 3 aliphatic heterocycles. The van der Waals surface area contributed by atoms with E-state index in [1.54, 1.807) is 0 Å². The fourth-order valence-electron chi connectivity index (χ4n) is 4.19. The summed E-state index contributed by atoms with van der Waals surface area (Å²) in [5, 5.41) is 9.29. The van der Waals surface area contributed by atoms with E-state index in [0.717, 1.165) is 32.4 Å². The standard InChI is InChI=1S/C15H25NO3S/c1-11-13(14(17)18)2-6-16(11)12-3-7-19-15(10-12)4-8-20-9-5-15/h11-13H,2-10H2,1H3,(H,17,18). The van der Waals surface area contributed by atoms with Gasteiger partial charge in [0.05, 0.1) is 11.5 Å². The van der Waals surface area contributed by atoms with Crippen LogP contribution in [0.4, 0.5) is 0 Å². The molecule has 0 aromatic heterocycles. The molecule has 1 spiro atoms. The molecule has 20 heavy (non-hydrogen) atoms. The Morgan fingerprint density at radius 3 is 2.75 bits per heavy atom. The van der Waals surface area contributed by atoms with E-state index in [9.17, 15) is 9.90 Å². The highest BCUT2D eigenvalue weighted by Gasteiger charge is 2.45. The summed E-state index contributed by atoms with van der Waals surface area (Å²) >= 11 is 2.03. The van der Waals surface area contributed by atoms with Gasteiger partial charge in [0.2, 0.25) is 0 Å². The molecule has 5 heteroatoms. The summed E-state index contributed by atoms with van der Waals surface area (Å²) in [6.45, 7) is 3.87. The number of hydrogen-bond donors (Lipinski definition) is 1. The Morgan fingerprint density at radius 1 is 1.35 bits per heavy atom. The van der Waals surface area contributed by atoms with E-state index < -0.39 is 5.97 Å². The van der Waals surface area contributed by atoms with Gasteiger partial charge in [-0.3, -0.25) is 9.69 Å². The largest absolute Gasteiger partial charge is 0.481 e. The lowest BCUT2D eigenvalue weighted by Crippen LogP contribution is -2.51. The van der Waals surface area contributed by atoms with Gasteiger partial charge in [0.15, 0.2) is 0 Å². The number of carboxylic acid groups (broad SMARTS) is 1. The van der Waals surface area contributed by atoms with E-state index >= 15 is 0 Å². The molecule has 0 amide bonds. The van der Waals surface area contributed by atoms with Gasteiger partial charge in [0, 0.05) is 18.7 Å². The van der Waals surface area contributed by atoms with Crippen LogP contribution in [-0.2, 0) is 9.53 Å². The molecule has 4 nitrogen and oxygen atoms in total. The van der Waals surface area contributed by atoms with Gasteiger partial charge < -0.3 is 9.84 Å². The lowest BCUT2D eigenvalue weighted by molar-refractivity contribution is -0.143. The Kier molecular flexibility index (Phi) is 4.29. The minimum Gasteiger partial charge on any atom is -0.481 e. The van der Waals surface area contributed by atoms with Crippen molar-refractivity contribution in [2.45, 2.75) is 56.7 Å². The maximum Gasteiger partial charge on any atom is 0.308 e. The monoisotopic (exact) mass is 299 g/mol. The Labute approximate surface area is 125 Å². The maximum atomic E-state index is 11.3. The summed E-state index contributed by atoms with van der Waals surface area (Å²) in [5.41, 5.74) is 0.0925. The van der Waals surface area contributed by atoms with Crippen LogP contribution >= 0.6 is 11.8 Å². The topological polar surface area (TPSA) is 49.8 Å². The third-order valence-electron chi connectivity index (χ3n) is 5.46. The van der Waals surface area contributed by atoms with Crippen molar-refractivity contribution in [2.75, 3.05) is 24.7 Å². The fourth-order valence-corrected chi connectivity index (χ4v) is 5.42. The number of aliphatic carboxylic acids is 1. The van der Waals surface area contributed by atoms with E-state index in [0.29, 0.717) is 6.04 Å². The number of carbonyl (C=O) groups is 1. The maximum absolute atomic E-state index is 11.3. The van der Waals surface area contributed by atoms with Gasteiger partial charge in [-0.1, -0.05) is 0 Å². The predicted octanol–water partition coefficient (Wildman–Crippen LogP) is 2.23. The van der Waals surface area contributed by atoms with Gasteiger partial charge in [-0.05, 0) is 57.1 Å². The molecule has 0 aromatic carbocycles. The molecule has 3 aliphatic rings. The van der Waals surface area contributed by atoms with Crippen molar-refractivity contribution in [2.24, 2.45) is 5.92 Å². The SMILES string of the molecule is CC1C(C(=O)O)CCN1C1CCOC2(CCSCC2)C1. The predicted molar refractivity (Wildman–Crippen MR) is 80.2 cm³/mol. The first-order valence-electron chi connectivity index (χ1n) is 7.82. The van der Waals surface area contributed by atoms with Crippen molar-refractivity contribution in [1.29, 1.82) is 0 Å². The zero-order valence-corrected chi connectivity index (χ0v) is 13.0. The molecule has 1 N–H and O–H groups in total. The molecule has 114 valence electrons. The van der Waals surface area contributed by atoms with Gasteiger partial charge in [-0.25, -0.2) is 0 Å². The first-order chi connectivity index (χ1) is 9.61. The van der Waals surface area contributed by atoms with Crippen molar-refractivity contribution in [3.05, 3.63) is 0 Å². The Hall–Kier alpha value is -0.260. The highest BCUT2D eigenvalue weighted by molar-refractivity contribution is 7.99. The molecule has 3 unspecified atom stereocenters. The highest BCUT2D eigenvalue weighted by Crippen LogP contribution is 2.40. The molecule has 0 aliphatic carbocycles. The van der Waals surface area contributed by atoms with E-state index in [1.807, 2.05) is 11.8 Å². The number of thioether (sulfide) groups is 1. The average Bonchev–Trinajstić information content (AvgIpc) is 2.82. The second-order valence-electron chi connectivity index (χ2n) is 6.50. The number of likely N-dealkylation sites (tertiary alicyclic amines) is 1. The minimum absolute atomic E-state index is 0.0925. The van der Waals surface area contributed by atoms with Gasteiger partial charge in [-0.15, -0.1) is 0 Å². The normalized spacial score (nSPS) is 38.1. The molecular weight excluding hydrogens is 274 g/mol. The Bertz CT molecular complexity index is 365. The average molecular weight is 299 g/mol. The second kappa shape index (κ2) is 5.85. The number of hydrogen-bond acceptors (Lipinski definition) is 4. The van der Waals surface area contributed by atoms with E-state index in [1.165, 1.54) is 24.3 Å². The molecule has 0 radical (unpaired) electrons. The third kappa shape index (κ3) is 2.72. The van der Waals surface area contributed by atoms with Crippen LogP contribution < -0.4 is 0 Å². The summed E-state index contributed by atoms with van der Waals surface area (Å²) < 4.78 is 6.15. The quantitative estimate of drug-likeness (QED) is 0.847. The van der Waals surface area contributed by atoms with Crippen LogP contribution in [0, 0.1) is 5.92 Å². The molecule has 0 saturated carbocycles. The molecule has 3 heterocycles. The smallest absolute Gasteiger partial charge is 0.308 e. The number of rotatable bonds is 2. The van der Waals surface area contributed by atoms with Crippen LogP contribution in [0.1, 0.15) is 39.0 Å². The minimum atomic E-state index is -0.629. The number of ether oxygens (including phenoxy) is 1. The lowest BCUT2D eigenvalue weighted by atomic mass is 9.84. The lowest BCUT2D eigenvalue weighted by Gasteiger charge is -2.46. The zero-order valence-electron chi connectivity index (χ0n) is 12.2. The highest BCUT2D eigenvalue weighted by atomic mass is 32.2. The number of carboxylic acids is 1. The molecule has 3 atom stereocenters. The zero-order chi connectivity index (χ0) is 14.2. The van der Waals surface area contributed by atoms with Crippen LogP contribution in [0.5, 0.6) is 0 Å².